The van der Waals surface area contributed by atoms with Crippen molar-refractivity contribution in [1.82, 2.24) is 24.3 Å². The standard InChI is InChI=1S/C37H51BrClN5O6/c1-23-11-13-24(14-12-23)15-18-42(33(45)49-35(2,3)4)16-10-17-43(34(46)50-36(5,6)7)20-25-19-27(30-29(25)47-37(8,9)48-30)44-21-26(38)28-31(39)40-22-41-32(28)44/h11-14,21-22,25,27,29-30H,10,15-20H2,1-9H3/t25-,27-,29-,30+/m1/s1. The van der Waals surface area contributed by atoms with Crippen LogP contribution in [0.4, 0.5) is 9.59 Å². The molecule has 1 saturated heterocycles. The Kier molecular flexibility index (Phi) is 11.5. The molecule has 13 heteroatoms. The SMILES string of the molecule is Cc1ccc(CCN(CCCN(C[C@H]2C[C@@H](n3cc(Br)c4c(Cl)ncnc43)[C@@H]3OC(C)(C)O[C@H]23)C(=O)OC(C)(C)C)C(=O)OC(C)(C)C)cc1. The Morgan fingerprint density at radius 1 is 0.960 bits per heavy atom. The number of aromatic nitrogens is 3. The number of benzene rings is 1. The molecule has 5 rings (SSSR count). The summed E-state index contributed by atoms with van der Waals surface area (Å²) in [4.78, 5) is 39.3. The van der Waals surface area contributed by atoms with Crippen molar-refractivity contribution in [2.75, 3.05) is 26.2 Å². The average molecular weight is 777 g/mol. The summed E-state index contributed by atoms with van der Waals surface area (Å²) in [6, 6.07) is 8.19. The lowest BCUT2D eigenvalue weighted by atomic mass is 10.0. The van der Waals surface area contributed by atoms with Crippen LogP contribution >= 0.6 is 27.5 Å². The van der Waals surface area contributed by atoms with Gasteiger partial charge in [0.25, 0.3) is 0 Å². The largest absolute Gasteiger partial charge is 0.444 e. The fraction of sp³-hybridized carbons (Fsp3) is 0.622. The number of ether oxygens (including phenoxy) is 4. The quantitative estimate of drug-likeness (QED) is 0.189. The van der Waals surface area contributed by atoms with E-state index in [9.17, 15) is 9.59 Å². The number of hydrogen-bond donors (Lipinski definition) is 0. The minimum absolute atomic E-state index is 0.0728. The molecule has 1 aliphatic carbocycles. The summed E-state index contributed by atoms with van der Waals surface area (Å²) in [6.07, 6.45) is 3.98. The van der Waals surface area contributed by atoms with Gasteiger partial charge >= 0.3 is 12.2 Å². The lowest BCUT2D eigenvalue weighted by molar-refractivity contribution is -0.160. The summed E-state index contributed by atoms with van der Waals surface area (Å²) in [7, 11) is 0. The number of rotatable bonds is 10. The van der Waals surface area contributed by atoms with Crippen molar-refractivity contribution in [2.24, 2.45) is 5.92 Å². The molecule has 2 amide bonds. The molecule has 1 aromatic carbocycles. The van der Waals surface area contributed by atoms with Gasteiger partial charge in [-0.25, -0.2) is 19.6 Å². The predicted octanol–water partition coefficient (Wildman–Crippen LogP) is 8.34. The smallest absolute Gasteiger partial charge is 0.410 e. The number of fused-ring (bicyclic) bond motifs is 2. The molecule has 1 aliphatic heterocycles. The highest BCUT2D eigenvalue weighted by Crippen LogP contribution is 2.49. The number of nitrogens with zero attached hydrogens (tertiary/aromatic N) is 5. The van der Waals surface area contributed by atoms with Crippen molar-refractivity contribution in [3.05, 3.63) is 57.5 Å². The van der Waals surface area contributed by atoms with E-state index in [1.54, 1.807) is 9.80 Å². The lowest BCUT2D eigenvalue weighted by Crippen LogP contribution is -2.44. The zero-order chi connectivity index (χ0) is 36.6. The van der Waals surface area contributed by atoms with E-state index in [1.807, 2.05) is 61.6 Å². The maximum Gasteiger partial charge on any atom is 0.410 e. The van der Waals surface area contributed by atoms with E-state index in [2.05, 4.69) is 61.7 Å². The van der Waals surface area contributed by atoms with Crippen molar-refractivity contribution in [3.63, 3.8) is 0 Å². The Labute approximate surface area is 309 Å². The number of amides is 2. The zero-order valence-corrected chi connectivity index (χ0v) is 33.0. The van der Waals surface area contributed by atoms with Gasteiger partial charge in [-0.15, -0.1) is 0 Å². The second kappa shape index (κ2) is 15.0. The molecule has 0 spiro atoms. The minimum atomic E-state index is -0.804. The monoisotopic (exact) mass is 775 g/mol. The third-order valence-corrected chi connectivity index (χ3v) is 9.72. The molecule has 50 heavy (non-hydrogen) atoms. The molecule has 274 valence electrons. The molecule has 0 bridgehead atoms. The topological polar surface area (TPSA) is 108 Å². The predicted molar refractivity (Wildman–Crippen MR) is 196 cm³/mol. The van der Waals surface area contributed by atoms with Gasteiger partial charge in [-0.2, -0.15) is 0 Å². The van der Waals surface area contributed by atoms with Crippen LogP contribution in [0, 0.1) is 12.8 Å². The van der Waals surface area contributed by atoms with E-state index in [-0.39, 0.29) is 30.3 Å². The van der Waals surface area contributed by atoms with Gasteiger partial charge in [0.15, 0.2) is 5.79 Å². The summed E-state index contributed by atoms with van der Waals surface area (Å²) in [6.45, 7) is 18.7. The van der Waals surface area contributed by atoms with Crippen LogP contribution < -0.4 is 0 Å². The Morgan fingerprint density at radius 2 is 1.56 bits per heavy atom. The highest BCUT2D eigenvalue weighted by Gasteiger charge is 2.55. The Hall–Kier alpha value is -2.93. The van der Waals surface area contributed by atoms with Crippen LogP contribution in [-0.2, 0) is 25.4 Å². The fourth-order valence-electron chi connectivity index (χ4n) is 6.72. The number of carbonyl (C=O) groups excluding carboxylic acids is 2. The lowest BCUT2D eigenvalue weighted by Gasteiger charge is -2.32. The second-order valence-electron chi connectivity index (χ2n) is 15.9. The van der Waals surface area contributed by atoms with Crippen molar-refractivity contribution < 1.29 is 28.5 Å². The third kappa shape index (κ3) is 9.48. The van der Waals surface area contributed by atoms with Crippen LogP contribution in [-0.4, -0.2) is 91.9 Å². The normalized spacial score (nSPS) is 21.7. The van der Waals surface area contributed by atoms with Crippen molar-refractivity contribution >= 4 is 50.8 Å². The van der Waals surface area contributed by atoms with Crippen LogP contribution in [0.5, 0.6) is 0 Å². The molecule has 4 atom stereocenters. The van der Waals surface area contributed by atoms with Gasteiger partial charge in [0.05, 0.1) is 17.5 Å². The first-order valence-electron chi connectivity index (χ1n) is 17.3. The van der Waals surface area contributed by atoms with Crippen molar-refractivity contribution in [1.29, 1.82) is 0 Å². The first kappa shape index (κ1) is 38.3. The van der Waals surface area contributed by atoms with Gasteiger partial charge in [0, 0.05) is 42.8 Å². The second-order valence-corrected chi connectivity index (χ2v) is 17.1. The highest BCUT2D eigenvalue weighted by atomic mass is 79.9. The molecule has 0 unspecified atom stereocenters. The van der Waals surface area contributed by atoms with Crippen LogP contribution in [0.3, 0.4) is 0 Å². The maximum atomic E-state index is 13.8. The number of aryl methyl sites for hydroxylation is 1. The Bertz CT molecular complexity index is 1670. The molecule has 11 nitrogen and oxygen atoms in total. The summed E-state index contributed by atoms with van der Waals surface area (Å²) < 4.78 is 27.6. The van der Waals surface area contributed by atoms with E-state index in [0.717, 1.165) is 15.4 Å². The van der Waals surface area contributed by atoms with Gasteiger partial charge in [0.2, 0.25) is 0 Å². The van der Waals surface area contributed by atoms with Gasteiger partial charge in [-0.3, -0.25) is 0 Å². The van der Waals surface area contributed by atoms with E-state index in [4.69, 9.17) is 30.5 Å². The van der Waals surface area contributed by atoms with Gasteiger partial charge < -0.3 is 33.3 Å². The third-order valence-electron chi connectivity index (χ3n) is 8.83. The molecule has 0 radical (unpaired) electrons. The molecule has 0 N–H and O–H groups in total. The van der Waals surface area contributed by atoms with E-state index >= 15 is 0 Å². The number of halogens is 2. The first-order chi connectivity index (χ1) is 23.3. The molecular weight excluding hydrogens is 726 g/mol. The molecule has 3 aromatic rings. The molecule has 2 aliphatic rings. The molecular formula is C37H51BrClN5O6. The first-order valence-corrected chi connectivity index (χ1v) is 18.5. The summed E-state index contributed by atoms with van der Waals surface area (Å²) >= 11 is 10.1. The van der Waals surface area contributed by atoms with Crippen LogP contribution in [0.15, 0.2) is 41.3 Å². The van der Waals surface area contributed by atoms with Crippen LogP contribution in [0.25, 0.3) is 11.0 Å². The maximum absolute atomic E-state index is 13.8. The van der Waals surface area contributed by atoms with Crippen molar-refractivity contribution in [2.45, 2.75) is 117 Å². The van der Waals surface area contributed by atoms with Gasteiger partial charge in [-0.05, 0) is 103 Å². The zero-order valence-electron chi connectivity index (χ0n) is 30.7. The van der Waals surface area contributed by atoms with E-state index < -0.39 is 23.1 Å². The molecule has 2 aromatic heterocycles. The fourth-order valence-corrected chi connectivity index (χ4v) is 7.65. The highest BCUT2D eigenvalue weighted by molar-refractivity contribution is 9.10. The summed E-state index contributed by atoms with van der Waals surface area (Å²) in [5.41, 5.74) is 1.71. The molecule has 2 fully saturated rings. The van der Waals surface area contributed by atoms with E-state index in [0.29, 0.717) is 56.2 Å². The average Bonchev–Trinajstić information content (AvgIpc) is 3.61. The van der Waals surface area contributed by atoms with Crippen LogP contribution in [0.1, 0.15) is 85.4 Å². The Balaban J connectivity index is 1.35. The summed E-state index contributed by atoms with van der Waals surface area (Å²) in [5.74, 6) is -0.877. The number of hydrogen-bond acceptors (Lipinski definition) is 8. The van der Waals surface area contributed by atoms with Gasteiger partial charge in [-0.1, -0.05) is 41.4 Å². The van der Waals surface area contributed by atoms with Crippen LogP contribution in [0.2, 0.25) is 5.15 Å². The van der Waals surface area contributed by atoms with E-state index in [1.165, 1.54) is 11.9 Å². The summed E-state index contributed by atoms with van der Waals surface area (Å²) in [5, 5.41) is 1.10. The molecule has 1 saturated carbocycles. The molecule has 3 heterocycles. The Morgan fingerprint density at radius 3 is 2.20 bits per heavy atom. The van der Waals surface area contributed by atoms with Gasteiger partial charge in [0.1, 0.15) is 34.4 Å². The minimum Gasteiger partial charge on any atom is -0.444 e. The van der Waals surface area contributed by atoms with Crippen molar-refractivity contribution in [3.8, 4) is 0 Å². The number of carbonyl (C=O) groups is 2.